The predicted molar refractivity (Wildman–Crippen MR) is 119 cm³/mol. The molecule has 1 atom stereocenters. The molecule has 2 aliphatic rings. The lowest BCUT2D eigenvalue weighted by atomic mass is 10.1. The first-order valence-electron chi connectivity index (χ1n) is 10.5. The van der Waals surface area contributed by atoms with Crippen LogP contribution in [-0.2, 0) is 0 Å². The van der Waals surface area contributed by atoms with Crippen molar-refractivity contribution in [3.8, 4) is 0 Å². The summed E-state index contributed by atoms with van der Waals surface area (Å²) in [6, 6.07) is 8.26. The average molecular weight is 411 g/mol. The number of rotatable bonds is 5. The van der Waals surface area contributed by atoms with Gasteiger partial charge in [-0.2, -0.15) is 0 Å². The van der Waals surface area contributed by atoms with Crippen LogP contribution in [0.2, 0.25) is 0 Å². The Balaban J connectivity index is 1.52. The van der Waals surface area contributed by atoms with Crippen LogP contribution in [0.5, 0.6) is 0 Å². The minimum absolute atomic E-state index is 0.120. The van der Waals surface area contributed by atoms with Crippen LogP contribution in [0.1, 0.15) is 23.3 Å². The molecule has 0 radical (unpaired) electrons. The van der Waals surface area contributed by atoms with Gasteiger partial charge in [0.15, 0.2) is 11.5 Å². The molecule has 0 aliphatic carbocycles. The van der Waals surface area contributed by atoms with Crippen molar-refractivity contribution < 1.29 is 4.79 Å². The van der Waals surface area contributed by atoms with Gasteiger partial charge < -0.3 is 31.5 Å². The summed E-state index contributed by atoms with van der Waals surface area (Å²) in [6.07, 6.45) is 3.62. The Kier molecular flexibility index (Phi) is 6.01. The van der Waals surface area contributed by atoms with E-state index in [9.17, 15) is 4.79 Å². The third-order valence-electron chi connectivity index (χ3n) is 5.77. The number of carbonyl (C=O) groups excluding carboxylic acids is 1. The molecule has 2 fully saturated rings. The van der Waals surface area contributed by atoms with Gasteiger partial charge in [-0.15, -0.1) is 0 Å². The molecule has 0 unspecified atom stereocenters. The van der Waals surface area contributed by atoms with Crippen LogP contribution < -0.4 is 26.6 Å². The zero-order chi connectivity index (χ0) is 21.1. The molecule has 30 heavy (non-hydrogen) atoms. The molecule has 2 aromatic rings. The second kappa shape index (κ2) is 8.85. The van der Waals surface area contributed by atoms with Gasteiger partial charge in [-0.1, -0.05) is 0 Å². The molecule has 1 aromatic heterocycles. The van der Waals surface area contributed by atoms with Crippen LogP contribution in [0.3, 0.4) is 0 Å². The number of benzene rings is 1. The van der Waals surface area contributed by atoms with E-state index in [0.717, 1.165) is 57.8 Å². The highest BCUT2D eigenvalue weighted by Gasteiger charge is 2.21. The van der Waals surface area contributed by atoms with Crippen molar-refractivity contribution in [1.29, 1.82) is 0 Å². The van der Waals surface area contributed by atoms with Crippen LogP contribution in [0, 0.1) is 0 Å². The maximum absolute atomic E-state index is 11.9. The molecule has 2 aliphatic heterocycles. The van der Waals surface area contributed by atoms with E-state index in [1.54, 1.807) is 6.20 Å². The highest BCUT2D eigenvalue weighted by molar-refractivity contribution is 5.96. The van der Waals surface area contributed by atoms with Gasteiger partial charge in [0, 0.05) is 56.7 Å². The van der Waals surface area contributed by atoms with Gasteiger partial charge >= 0.3 is 0 Å². The zero-order valence-corrected chi connectivity index (χ0v) is 17.4. The number of piperazine rings is 1. The lowest BCUT2D eigenvalue weighted by Crippen LogP contribution is -2.44. The topological polar surface area (TPSA) is 117 Å². The van der Waals surface area contributed by atoms with E-state index < -0.39 is 5.91 Å². The van der Waals surface area contributed by atoms with Gasteiger partial charge in [-0.05, 0) is 44.2 Å². The van der Waals surface area contributed by atoms with E-state index in [0.29, 0.717) is 11.6 Å². The lowest BCUT2D eigenvalue weighted by molar-refractivity contribution is 0.0996. The van der Waals surface area contributed by atoms with Crippen LogP contribution >= 0.6 is 0 Å². The molecule has 4 rings (SSSR count). The summed E-state index contributed by atoms with van der Waals surface area (Å²) >= 11 is 0. The normalized spacial score (nSPS) is 20.3. The van der Waals surface area contributed by atoms with Gasteiger partial charge in [-0.25, -0.2) is 9.97 Å². The number of anilines is 4. The van der Waals surface area contributed by atoms with E-state index in [4.69, 9.17) is 11.5 Å². The first kappa shape index (κ1) is 20.4. The van der Waals surface area contributed by atoms with Crippen molar-refractivity contribution in [3.05, 3.63) is 36.2 Å². The highest BCUT2D eigenvalue weighted by atomic mass is 16.1. The molecule has 3 heterocycles. The summed E-state index contributed by atoms with van der Waals surface area (Å²) in [5.74, 6) is 0.458. The molecule has 0 spiro atoms. The van der Waals surface area contributed by atoms with Crippen molar-refractivity contribution in [2.45, 2.75) is 18.9 Å². The van der Waals surface area contributed by atoms with Crippen molar-refractivity contribution >= 4 is 28.9 Å². The summed E-state index contributed by atoms with van der Waals surface area (Å²) in [7, 11) is 2.15. The highest BCUT2D eigenvalue weighted by Crippen LogP contribution is 2.25. The van der Waals surface area contributed by atoms with E-state index in [1.807, 2.05) is 12.1 Å². The summed E-state index contributed by atoms with van der Waals surface area (Å²) < 4.78 is 0. The molecule has 2 saturated heterocycles. The smallest absolute Gasteiger partial charge is 0.271 e. The lowest BCUT2D eigenvalue weighted by Gasteiger charge is -2.34. The zero-order valence-electron chi connectivity index (χ0n) is 17.4. The number of amides is 1. The van der Waals surface area contributed by atoms with Gasteiger partial charge in [0.2, 0.25) is 0 Å². The summed E-state index contributed by atoms with van der Waals surface area (Å²) in [4.78, 5) is 27.6. The first-order chi connectivity index (χ1) is 14.5. The standard InChI is InChI=1S/C21H30N8O/c1-27-9-11-28(12-10-27)17-6-4-16(5-7-17)25-21-19(20(23)30)24-13-18(26-21)29-8-2-3-15(22)14-29/h4-7,13,15H,2-3,8-12,14,22H2,1H3,(H2,23,30)(H,25,26)/t15-/m1/s1. The fraction of sp³-hybridized carbons (Fsp3) is 0.476. The number of aromatic nitrogens is 2. The Morgan fingerprint density at radius 3 is 2.50 bits per heavy atom. The number of hydrogen-bond acceptors (Lipinski definition) is 8. The van der Waals surface area contributed by atoms with E-state index in [1.165, 1.54) is 5.69 Å². The number of nitrogens with one attached hydrogen (secondary N) is 1. The maximum atomic E-state index is 11.9. The fourth-order valence-electron chi connectivity index (χ4n) is 3.97. The third kappa shape index (κ3) is 4.63. The Bertz CT molecular complexity index is 879. The van der Waals surface area contributed by atoms with Crippen LogP contribution in [0.15, 0.2) is 30.5 Å². The summed E-state index contributed by atoms with van der Waals surface area (Å²) in [6.45, 7) is 5.75. The minimum atomic E-state index is -0.610. The van der Waals surface area contributed by atoms with Crippen LogP contribution in [0.4, 0.5) is 23.0 Å². The largest absolute Gasteiger partial charge is 0.369 e. The molecular weight excluding hydrogens is 380 g/mol. The molecule has 0 bridgehead atoms. The predicted octanol–water partition coefficient (Wildman–Crippen LogP) is 0.998. The molecule has 5 N–H and O–H groups in total. The number of hydrogen-bond donors (Lipinski definition) is 3. The quantitative estimate of drug-likeness (QED) is 0.668. The molecule has 9 nitrogen and oxygen atoms in total. The summed E-state index contributed by atoms with van der Waals surface area (Å²) in [5.41, 5.74) is 13.8. The Morgan fingerprint density at radius 2 is 1.83 bits per heavy atom. The Morgan fingerprint density at radius 1 is 1.10 bits per heavy atom. The van der Waals surface area contributed by atoms with Gasteiger partial charge in [0.1, 0.15) is 5.82 Å². The molecule has 1 amide bonds. The molecule has 160 valence electrons. The van der Waals surface area contributed by atoms with Crippen molar-refractivity contribution in [2.75, 3.05) is 61.4 Å². The SMILES string of the molecule is CN1CCN(c2ccc(Nc3nc(N4CCC[C@@H](N)C4)cnc3C(N)=O)cc2)CC1. The van der Waals surface area contributed by atoms with Gasteiger partial charge in [0.25, 0.3) is 5.91 Å². The van der Waals surface area contributed by atoms with Crippen molar-refractivity contribution in [3.63, 3.8) is 0 Å². The second-order valence-electron chi connectivity index (χ2n) is 8.10. The van der Waals surface area contributed by atoms with Gasteiger partial charge in [-0.3, -0.25) is 4.79 Å². The molecule has 9 heteroatoms. The van der Waals surface area contributed by atoms with E-state index in [2.05, 4.69) is 49.2 Å². The average Bonchev–Trinajstić information content (AvgIpc) is 2.75. The first-order valence-corrected chi connectivity index (χ1v) is 10.5. The van der Waals surface area contributed by atoms with Crippen molar-refractivity contribution in [2.24, 2.45) is 11.5 Å². The van der Waals surface area contributed by atoms with E-state index in [-0.39, 0.29) is 11.7 Å². The monoisotopic (exact) mass is 410 g/mol. The molecule has 0 saturated carbocycles. The Hall–Kier alpha value is -2.91. The number of piperidine rings is 1. The number of carbonyl (C=O) groups is 1. The summed E-state index contributed by atoms with van der Waals surface area (Å²) in [5, 5.41) is 3.22. The number of primary amides is 1. The Labute approximate surface area is 177 Å². The second-order valence-corrected chi connectivity index (χ2v) is 8.10. The number of likely N-dealkylation sites (N-methyl/N-ethyl adjacent to an activating group) is 1. The fourth-order valence-corrected chi connectivity index (χ4v) is 3.97. The molecule has 1 aromatic carbocycles. The van der Waals surface area contributed by atoms with Crippen molar-refractivity contribution in [1.82, 2.24) is 14.9 Å². The van der Waals surface area contributed by atoms with Gasteiger partial charge in [0.05, 0.1) is 6.20 Å². The number of nitrogens with zero attached hydrogens (tertiary/aromatic N) is 5. The minimum Gasteiger partial charge on any atom is -0.369 e. The molecular formula is C21H30N8O. The maximum Gasteiger partial charge on any atom is 0.271 e. The van der Waals surface area contributed by atoms with Crippen LogP contribution in [0.25, 0.3) is 0 Å². The number of nitrogens with two attached hydrogens (primary N) is 2. The van der Waals surface area contributed by atoms with Crippen LogP contribution in [-0.4, -0.2) is 73.1 Å². The third-order valence-corrected chi connectivity index (χ3v) is 5.77. The van der Waals surface area contributed by atoms with E-state index >= 15 is 0 Å².